The minimum absolute atomic E-state index is 0.182. The van der Waals surface area contributed by atoms with Gasteiger partial charge in [0.05, 0.1) is 6.04 Å². The zero-order chi connectivity index (χ0) is 12.5. The van der Waals surface area contributed by atoms with Gasteiger partial charge in [0.1, 0.15) is 0 Å². The average molecular weight is 250 g/mol. The first-order valence-electron chi connectivity index (χ1n) is 7.11. The van der Waals surface area contributed by atoms with Gasteiger partial charge in [-0.25, -0.2) is 0 Å². The molecule has 2 N–H and O–H groups in total. The van der Waals surface area contributed by atoms with E-state index in [1.54, 1.807) is 0 Å². The second-order valence-corrected chi connectivity index (χ2v) is 5.66. The van der Waals surface area contributed by atoms with E-state index in [1.165, 1.54) is 38.5 Å². The molecular formula is C13H22N4O. The number of piperidine rings is 1. The van der Waals surface area contributed by atoms with Crippen molar-refractivity contribution in [2.45, 2.75) is 57.5 Å². The lowest BCUT2D eigenvalue weighted by Crippen LogP contribution is -2.47. The molecule has 2 heterocycles. The van der Waals surface area contributed by atoms with Crippen LogP contribution in [-0.2, 0) is 0 Å². The van der Waals surface area contributed by atoms with Crippen molar-refractivity contribution in [2.75, 3.05) is 11.4 Å². The Bertz CT molecular complexity index is 401. The maximum absolute atomic E-state index is 5.77. The van der Waals surface area contributed by atoms with Gasteiger partial charge in [0.2, 0.25) is 5.89 Å². The van der Waals surface area contributed by atoms with Crippen LogP contribution in [0.5, 0.6) is 0 Å². The largest absolute Gasteiger partial charge is 0.406 e. The first kappa shape index (κ1) is 12.0. The fraction of sp³-hybridized carbons (Fsp3) is 0.846. The normalized spacial score (nSPS) is 30.0. The summed E-state index contributed by atoms with van der Waals surface area (Å²) < 4.78 is 5.71. The van der Waals surface area contributed by atoms with Crippen LogP contribution in [0.2, 0.25) is 0 Å². The van der Waals surface area contributed by atoms with Crippen molar-refractivity contribution in [3.63, 3.8) is 0 Å². The monoisotopic (exact) mass is 250 g/mol. The molecule has 0 spiro atoms. The predicted molar refractivity (Wildman–Crippen MR) is 69.2 cm³/mol. The quantitative estimate of drug-likeness (QED) is 0.872. The predicted octanol–water partition coefficient (Wildman–Crippen LogP) is 2.25. The maximum Gasteiger partial charge on any atom is 0.318 e. The van der Waals surface area contributed by atoms with E-state index < -0.39 is 0 Å². The molecule has 100 valence electrons. The molecule has 1 aromatic rings. The second-order valence-electron chi connectivity index (χ2n) is 5.66. The van der Waals surface area contributed by atoms with Gasteiger partial charge in [0, 0.05) is 12.6 Å². The average Bonchev–Trinajstić information content (AvgIpc) is 2.87. The molecule has 2 fully saturated rings. The fourth-order valence-corrected chi connectivity index (χ4v) is 3.39. The molecular weight excluding hydrogens is 228 g/mol. The minimum Gasteiger partial charge on any atom is -0.406 e. The third-order valence-electron chi connectivity index (χ3n) is 4.31. The zero-order valence-electron chi connectivity index (χ0n) is 11.0. The molecule has 3 rings (SSSR count). The molecule has 5 nitrogen and oxygen atoms in total. The molecule has 0 bridgehead atoms. The first-order valence-corrected chi connectivity index (χ1v) is 7.11. The lowest BCUT2D eigenvalue weighted by Gasteiger charge is -2.43. The van der Waals surface area contributed by atoms with Gasteiger partial charge in [-0.15, -0.1) is 5.10 Å². The zero-order valence-corrected chi connectivity index (χ0v) is 11.0. The highest BCUT2D eigenvalue weighted by Gasteiger charge is 2.35. The standard InChI is InChI=1S/C13H22N4O/c1-9(14)12-15-16-13(18-12)17-8-4-6-10-5-2-3-7-11(10)17/h9-11H,2-8,14H2,1H3. The van der Waals surface area contributed by atoms with Crippen LogP contribution >= 0.6 is 0 Å². The lowest BCUT2D eigenvalue weighted by molar-refractivity contribution is 0.234. The van der Waals surface area contributed by atoms with Crippen LogP contribution < -0.4 is 10.6 Å². The van der Waals surface area contributed by atoms with Gasteiger partial charge in [-0.05, 0) is 38.5 Å². The van der Waals surface area contributed by atoms with E-state index in [1.807, 2.05) is 6.92 Å². The van der Waals surface area contributed by atoms with Crippen molar-refractivity contribution in [3.8, 4) is 0 Å². The van der Waals surface area contributed by atoms with Crippen molar-refractivity contribution < 1.29 is 4.42 Å². The highest BCUT2D eigenvalue weighted by molar-refractivity contribution is 5.29. The number of nitrogens with zero attached hydrogens (tertiary/aromatic N) is 3. The Morgan fingerprint density at radius 2 is 2.00 bits per heavy atom. The topological polar surface area (TPSA) is 68.2 Å². The molecule has 0 aromatic carbocycles. The summed E-state index contributed by atoms with van der Waals surface area (Å²) in [5.74, 6) is 1.36. The Balaban J connectivity index is 1.80. The van der Waals surface area contributed by atoms with Gasteiger partial charge < -0.3 is 15.1 Å². The fourth-order valence-electron chi connectivity index (χ4n) is 3.39. The van der Waals surface area contributed by atoms with E-state index in [9.17, 15) is 0 Å². The second kappa shape index (κ2) is 4.88. The number of fused-ring (bicyclic) bond motifs is 1. The third-order valence-corrected chi connectivity index (χ3v) is 4.31. The summed E-state index contributed by atoms with van der Waals surface area (Å²) in [6.07, 6.45) is 7.92. The van der Waals surface area contributed by atoms with Gasteiger partial charge in [-0.2, -0.15) is 0 Å². The number of anilines is 1. The molecule has 3 unspecified atom stereocenters. The molecule has 1 saturated heterocycles. The molecule has 2 aliphatic rings. The van der Waals surface area contributed by atoms with E-state index >= 15 is 0 Å². The summed E-state index contributed by atoms with van der Waals surface area (Å²) in [6.45, 7) is 2.92. The van der Waals surface area contributed by atoms with E-state index in [2.05, 4.69) is 15.1 Å². The van der Waals surface area contributed by atoms with Crippen molar-refractivity contribution in [2.24, 2.45) is 11.7 Å². The Kier molecular flexibility index (Phi) is 3.24. The number of rotatable bonds is 2. The van der Waals surface area contributed by atoms with Crippen molar-refractivity contribution >= 4 is 6.01 Å². The van der Waals surface area contributed by atoms with Gasteiger partial charge >= 0.3 is 6.01 Å². The van der Waals surface area contributed by atoms with Crippen LogP contribution in [-0.4, -0.2) is 22.8 Å². The Morgan fingerprint density at radius 1 is 1.22 bits per heavy atom. The number of nitrogens with two attached hydrogens (primary N) is 1. The number of hydrogen-bond donors (Lipinski definition) is 1. The highest BCUT2D eigenvalue weighted by Crippen LogP contribution is 2.37. The van der Waals surface area contributed by atoms with E-state index in [4.69, 9.17) is 10.2 Å². The van der Waals surface area contributed by atoms with Gasteiger partial charge in [0.15, 0.2) is 0 Å². The Morgan fingerprint density at radius 3 is 2.78 bits per heavy atom. The van der Waals surface area contributed by atoms with Crippen molar-refractivity contribution in [1.82, 2.24) is 10.2 Å². The molecule has 18 heavy (non-hydrogen) atoms. The first-order chi connectivity index (χ1) is 8.75. The smallest absolute Gasteiger partial charge is 0.318 e. The van der Waals surface area contributed by atoms with Gasteiger partial charge in [-0.3, -0.25) is 0 Å². The summed E-state index contributed by atoms with van der Waals surface area (Å²) in [7, 11) is 0. The molecule has 1 aliphatic heterocycles. The van der Waals surface area contributed by atoms with E-state index in [0.717, 1.165) is 12.5 Å². The Labute approximate surface area is 108 Å². The van der Waals surface area contributed by atoms with Gasteiger partial charge in [-0.1, -0.05) is 17.9 Å². The van der Waals surface area contributed by atoms with Crippen molar-refractivity contribution in [1.29, 1.82) is 0 Å². The molecule has 0 radical (unpaired) electrons. The molecule has 1 saturated carbocycles. The molecule has 0 amide bonds. The molecule has 1 aliphatic carbocycles. The van der Waals surface area contributed by atoms with Gasteiger partial charge in [0.25, 0.3) is 0 Å². The van der Waals surface area contributed by atoms with Crippen LogP contribution in [0.1, 0.15) is 57.4 Å². The van der Waals surface area contributed by atoms with E-state index in [0.29, 0.717) is 17.9 Å². The van der Waals surface area contributed by atoms with E-state index in [-0.39, 0.29) is 6.04 Å². The SMILES string of the molecule is CC(N)c1nnc(N2CCCC3CCCCC32)o1. The molecule has 1 aromatic heterocycles. The summed E-state index contributed by atoms with van der Waals surface area (Å²) in [4.78, 5) is 2.33. The van der Waals surface area contributed by atoms with Crippen LogP contribution in [0.25, 0.3) is 0 Å². The Hall–Kier alpha value is -1.10. The minimum atomic E-state index is -0.182. The number of hydrogen-bond acceptors (Lipinski definition) is 5. The van der Waals surface area contributed by atoms with Crippen LogP contribution in [0.4, 0.5) is 6.01 Å². The summed E-state index contributed by atoms with van der Waals surface area (Å²) in [5.41, 5.74) is 5.77. The summed E-state index contributed by atoms with van der Waals surface area (Å²) in [5, 5.41) is 8.23. The van der Waals surface area contributed by atoms with Crippen LogP contribution in [0, 0.1) is 5.92 Å². The highest BCUT2D eigenvalue weighted by atomic mass is 16.4. The summed E-state index contributed by atoms with van der Waals surface area (Å²) >= 11 is 0. The van der Waals surface area contributed by atoms with Crippen molar-refractivity contribution in [3.05, 3.63) is 5.89 Å². The molecule has 5 heteroatoms. The molecule has 3 atom stereocenters. The summed E-state index contributed by atoms with van der Waals surface area (Å²) in [6, 6.07) is 1.10. The maximum atomic E-state index is 5.77. The lowest BCUT2D eigenvalue weighted by atomic mass is 9.78. The number of aromatic nitrogens is 2. The van der Waals surface area contributed by atoms with Crippen LogP contribution in [0.15, 0.2) is 4.42 Å². The third kappa shape index (κ3) is 2.11. The van der Waals surface area contributed by atoms with Crippen LogP contribution in [0.3, 0.4) is 0 Å².